The number of amides is 1. The number of carbonyl (C=O) groups is 1. The Balaban J connectivity index is 1.20. The standard InChI is InChI=1S/C23H30N4O3/c28-22-7-5-21(6-8-22)27-11-9-25(10-12-27)18-23(29)24-20-3-1-19(2-4-20)17-26-13-15-30-16-14-26/h1-8,28H,9-18H2,(H,24,29)/p+2. The number of aromatic hydroxyl groups is 1. The highest BCUT2D eigenvalue weighted by molar-refractivity contribution is 5.91. The smallest absolute Gasteiger partial charge is 0.279 e. The van der Waals surface area contributed by atoms with Crippen LogP contribution in [0.25, 0.3) is 0 Å². The molecule has 0 unspecified atom stereocenters. The zero-order valence-electron chi connectivity index (χ0n) is 17.4. The van der Waals surface area contributed by atoms with Crippen molar-refractivity contribution in [2.45, 2.75) is 6.54 Å². The third-order valence-corrected chi connectivity index (χ3v) is 5.99. The second kappa shape index (κ2) is 9.93. The number of nitrogens with zero attached hydrogens (tertiary/aromatic N) is 1. The van der Waals surface area contributed by atoms with E-state index in [9.17, 15) is 9.90 Å². The Hall–Kier alpha value is -2.61. The maximum absolute atomic E-state index is 12.5. The van der Waals surface area contributed by atoms with Crippen molar-refractivity contribution in [2.75, 3.05) is 69.2 Å². The number of hydrogen-bond donors (Lipinski definition) is 4. The third kappa shape index (κ3) is 5.72. The van der Waals surface area contributed by atoms with Crippen molar-refractivity contribution < 1.29 is 24.4 Å². The van der Waals surface area contributed by atoms with Gasteiger partial charge < -0.3 is 29.9 Å². The predicted octanol–water partition coefficient (Wildman–Crippen LogP) is -0.849. The van der Waals surface area contributed by atoms with Gasteiger partial charge in [-0.05, 0) is 36.4 Å². The Labute approximate surface area is 177 Å². The maximum atomic E-state index is 12.5. The minimum atomic E-state index is 0.0645. The van der Waals surface area contributed by atoms with Crippen molar-refractivity contribution >= 4 is 17.3 Å². The quantitative estimate of drug-likeness (QED) is 0.499. The van der Waals surface area contributed by atoms with Crippen molar-refractivity contribution in [3.05, 3.63) is 54.1 Å². The van der Waals surface area contributed by atoms with Crippen LogP contribution in [0.5, 0.6) is 5.75 Å². The summed E-state index contributed by atoms with van der Waals surface area (Å²) in [4.78, 5) is 17.6. The summed E-state index contributed by atoms with van der Waals surface area (Å²) in [5.41, 5.74) is 3.28. The molecule has 2 fully saturated rings. The summed E-state index contributed by atoms with van der Waals surface area (Å²) in [5.74, 6) is 0.352. The van der Waals surface area contributed by atoms with E-state index in [0.29, 0.717) is 6.54 Å². The molecule has 0 aromatic heterocycles. The summed E-state index contributed by atoms with van der Waals surface area (Å²) in [6, 6.07) is 15.6. The van der Waals surface area contributed by atoms with Crippen LogP contribution >= 0.6 is 0 Å². The predicted molar refractivity (Wildman–Crippen MR) is 116 cm³/mol. The molecule has 4 N–H and O–H groups in total. The van der Waals surface area contributed by atoms with E-state index < -0.39 is 0 Å². The molecule has 7 nitrogen and oxygen atoms in total. The molecule has 0 aliphatic carbocycles. The molecular weight excluding hydrogens is 380 g/mol. The van der Waals surface area contributed by atoms with E-state index in [1.54, 1.807) is 17.0 Å². The Bertz CT molecular complexity index is 811. The molecule has 160 valence electrons. The molecule has 30 heavy (non-hydrogen) atoms. The van der Waals surface area contributed by atoms with Crippen molar-refractivity contribution in [1.29, 1.82) is 0 Å². The van der Waals surface area contributed by atoms with Crippen LogP contribution in [0.15, 0.2) is 48.5 Å². The average molecular weight is 413 g/mol. The van der Waals surface area contributed by atoms with Crippen LogP contribution in [0.4, 0.5) is 11.4 Å². The maximum Gasteiger partial charge on any atom is 0.279 e. The van der Waals surface area contributed by atoms with Crippen LogP contribution in [-0.4, -0.2) is 70.0 Å². The third-order valence-electron chi connectivity index (χ3n) is 5.99. The lowest BCUT2D eigenvalue weighted by molar-refractivity contribution is -0.921. The van der Waals surface area contributed by atoms with Gasteiger partial charge in [-0.3, -0.25) is 4.79 Å². The monoisotopic (exact) mass is 412 g/mol. The Kier molecular flexibility index (Phi) is 6.84. The number of phenols is 1. The van der Waals surface area contributed by atoms with E-state index in [0.717, 1.165) is 70.4 Å². The van der Waals surface area contributed by atoms with Crippen LogP contribution in [-0.2, 0) is 16.1 Å². The number of carbonyl (C=O) groups excluding carboxylic acids is 1. The molecule has 2 aromatic rings. The van der Waals surface area contributed by atoms with Gasteiger partial charge in [-0.1, -0.05) is 12.1 Å². The zero-order valence-corrected chi connectivity index (χ0v) is 17.4. The summed E-state index contributed by atoms with van der Waals surface area (Å²) in [6.07, 6.45) is 0. The number of ether oxygens (including phenoxy) is 1. The first-order valence-electron chi connectivity index (χ1n) is 10.8. The second-order valence-electron chi connectivity index (χ2n) is 8.21. The second-order valence-corrected chi connectivity index (χ2v) is 8.21. The molecule has 2 saturated heterocycles. The Morgan fingerprint density at radius 1 is 0.933 bits per heavy atom. The minimum absolute atomic E-state index is 0.0645. The van der Waals surface area contributed by atoms with Crippen LogP contribution in [0, 0.1) is 0 Å². The summed E-state index contributed by atoms with van der Waals surface area (Å²) in [5, 5.41) is 12.5. The molecule has 2 aliphatic heterocycles. The van der Waals surface area contributed by atoms with Crippen molar-refractivity contribution in [3.8, 4) is 5.75 Å². The van der Waals surface area contributed by atoms with E-state index in [-0.39, 0.29) is 11.7 Å². The molecule has 1 amide bonds. The molecule has 2 aromatic carbocycles. The molecule has 0 bridgehead atoms. The van der Waals surface area contributed by atoms with E-state index in [1.165, 1.54) is 10.5 Å². The Morgan fingerprint density at radius 3 is 2.27 bits per heavy atom. The highest BCUT2D eigenvalue weighted by Gasteiger charge is 2.22. The van der Waals surface area contributed by atoms with Gasteiger partial charge in [0.25, 0.3) is 5.91 Å². The fourth-order valence-electron chi connectivity index (χ4n) is 4.19. The van der Waals surface area contributed by atoms with E-state index in [4.69, 9.17) is 4.74 Å². The lowest BCUT2D eigenvalue weighted by atomic mass is 10.2. The number of hydrogen-bond acceptors (Lipinski definition) is 4. The van der Waals surface area contributed by atoms with Gasteiger partial charge in [0.15, 0.2) is 6.54 Å². The molecule has 2 heterocycles. The van der Waals surface area contributed by atoms with Crippen LogP contribution in [0.3, 0.4) is 0 Å². The largest absolute Gasteiger partial charge is 0.508 e. The molecule has 7 heteroatoms. The van der Waals surface area contributed by atoms with E-state index >= 15 is 0 Å². The summed E-state index contributed by atoms with van der Waals surface area (Å²) in [6.45, 7) is 8.96. The number of benzene rings is 2. The summed E-state index contributed by atoms with van der Waals surface area (Å²) in [7, 11) is 0. The highest BCUT2D eigenvalue weighted by Crippen LogP contribution is 2.18. The fraction of sp³-hybridized carbons (Fsp3) is 0.435. The molecule has 0 radical (unpaired) electrons. The number of rotatable bonds is 6. The summed E-state index contributed by atoms with van der Waals surface area (Å²) < 4.78 is 5.41. The van der Waals surface area contributed by atoms with Crippen LogP contribution in [0.1, 0.15) is 5.56 Å². The number of anilines is 2. The first-order chi connectivity index (χ1) is 14.7. The summed E-state index contributed by atoms with van der Waals surface area (Å²) >= 11 is 0. The van der Waals surface area contributed by atoms with Crippen LogP contribution < -0.4 is 20.0 Å². The van der Waals surface area contributed by atoms with Gasteiger partial charge in [0.05, 0.1) is 39.4 Å². The van der Waals surface area contributed by atoms with Gasteiger partial charge in [0.2, 0.25) is 0 Å². The number of morpholine rings is 1. The molecule has 2 aliphatic rings. The SMILES string of the molecule is O=C(C[NH+]1CCN(c2ccc(O)cc2)CC1)Nc1ccc(C[NH+]2CCOCC2)cc1. The van der Waals surface area contributed by atoms with Gasteiger partial charge in [-0.25, -0.2) is 0 Å². The average Bonchev–Trinajstić information content (AvgIpc) is 2.77. The molecule has 0 atom stereocenters. The fourth-order valence-corrected chi connectivity index (χ4v) is 4.19. The van der Waals surface area contributed by atoms with Gasteiger partial charge in [-0.2, -0.15) is 0 Å². The van der Waals surface area contributed by atoms with Gasteiger partial charge in [0.1, 0.15) is 25.4 Å². The molecular formula is C23H32N4O3+2. The van der Waals surface area contributed by atoms with E-state index in [1.807, 2.05) is 24.3 Å². The highest BCUT2D eigenvalue weighted by atomic mass is 16.5. The van der Waals surface area contributed by atoms with Crippen molar-refractivity contribution in [2.24, 2.45) is 0 Å². The molecule has 0 spiro atoms. The minimum Gasteiger partial charge on any atom is -0.508 e. The molecule has 4 rings (SSSR count). The van der Waals surface area contributed by atoms with Crippen molar-refractivity contribution in [3.63, 3.8) is 0 Å². The topological polar surface area (TPSA) is 70.7 Å². The van der Waals surface area contributed by atoms with Gasteiger partial charge >= 0.3 is 0 Å². The van der Waals surface area contributed by atoms with E-state index in [2.05, 4.69) is 22.3 Å². The van der Waals surface area contributed by atoms with Crippen LogP contribution in [0.2, 0.25) is 0 Å². The lowest BCUT2D eigenvalue weighted by Crippen LogP contribution is -3.15. The normalized spacial score (nSPS) is 18.3. The van der Waals surface area contributed by atoms with Gasteiger partial charge in [0, 0.05) is 16.9 Å². The Morgan fingerprint density at radius 2 is 1.60 bits per heavy atom. The molecule has 0 saturated carbocycles. The number of phenolic OH excluding ortho intramolecular Hbond substituents is 1. The first kappa shape index (κ1) is 20.7. The van der Waals surface area contributed by atoms with Crippen molar-refractivity contribution in [1.82, 2.24) is 0 Å². The number of quaternary nitrogens is 2. The lowest BCUT2D eigenvalue weighted by Gasteiger charge is -2.33. The zero-order chi connectivity index (χ0) is 20.8. The number of piperazine rings is 1. The number of nitrogens with one attached hydrogen (secondary N) is 3. The van der Waals surface area contributed by atoms with Gasteiger partial charge in [-0.15, -0.1) is 0 Å². The first-order valence-corrected chi connectivity index (χ1v) is 10.8.